The number of halogens is 2. The maximum Gasteiger partial charge on any atom is 0.131 e. The molecule has 0 spiro atoms. The third kappa shape index (κ3) is 6.08. The minimum atomic E-state index is -0.349. The molecule has 0 aliphatic rings. The first-order chi connectivity index (χ1) is 13.6. The summed E-state index contributed by atoms with van der Waals surface area (Å²) in [6.45, 7) is 3.12. The number of rotatable bonds is 9. The van der Waals surface area contributed by atoms with Gasteiger partial charge in [0.1, 0.15) is 18.2 Å². The van der Waals surface area contributed by atoms with Gasteiger partial charge in [-0.1, -0.05) is 60.1 Å². The second-order valence-electron chi connectivity index (χ2n) is 6.94. The van der Waals surface area contributed by atoms with Crippen molar-refractivity contribution in [2.45, 2.75) is 39.0 Å². The molecule has 0 saturated heterocycles. The topological polar surface area (TPSA) is 21.3 Å². The highest BCUT2D eigenvalue weighted by atomic mass is 35.5. The third-order valence-corrected chi connectivity index (χ3v) is 5.09. The standard InChI is InChI=1S/C24H25ClFNO/c1-18(10-11-19-6-3-2-4-7-19)27-16-20-12-14-21(15-13-20)28-17-22-23(25)8-5-9-24(22)26/h2-9,12-15,18,27H,10-11,16-17H2,1H3/t18-/m1/s1. The molecule has 0 fully saturated rings. The van der Waals surface area contributed by atoms with Gasteiger partial charge in [-0.3, -0.25) is 0 Å². The van der Waals surface area contributed by atoms with Crippen LogP contribution in [0, 0.1) is 5.82 Å². The molecule has 0 aromatic heterocycles. The van der Waals surface area contributed by atoms with E-state index in [-0.39, 0.29) is 12.4 Å². The van der Waals surface area contributed by atoms with Crippen LogP contribution in [-0.4, -0.2) is 6.04 Å². The number of benzene rings is 3. The largest absolute Gasteiger partial charge is 0.489 e. The van der Waals surface area contributed by atoms with E-state index in [2.05, 4.69) is 36.5 Å². The molecule has 0 amide bonds. The van der Waals surface area contributed by atoms with E-state index in [1.54, 1.807) is 12.1 Å². The second kappa shape index (κ2) is 10.3. The summed E-state index contributed by atoms with van der Waals surface area (Å²) >= 11 is 6.03. The van der Waals surface area contributed by atoms with Gasteiger partial charge in [0.25, 0.3) is 0 Å². The predicted molar refractivity (Wildman–Crippen MR) is 113 cm³/mol. The summed E-state index contributed by atoms with van der Waals surface area (Å²) in [6, 6.07) is 23.5. The van der Waals surface area contributed by atoms with Crippen molar-refractivity contribution < 1.29 is 9.13 Å². The Morgan fingerprint density at radius 2 is 1.68 bits per heavy atom. The van der Waals surface area contributed by atoms with E-state index < -0.39 is 0 Å². The Morgan fingerprint density at radius 3 is 2.39 bits per heavy atom. The molecule has 0 aliphatic heterocycles. The minimum Gasteiger partial charge on any atom is -0.489 e. The van der Waals surface area contributed by atoms with Gasteiger partial charge in [-0.2, -0.15) is 0 Å². The van der Waals surface area contributed by atoms with Crippen LogP contribution < -0.4 is 10.1 Å². The van der Waals surface area contributed by atoms with E-state index in [4.69, 9.17) is 16.3 Å². The Hall–Kier alpha value is -2.36. The van der Waals surface area contributed by atoms with Crippen LogP contribution in [0.4, 0.5) is 4.39 Å². The summed E-state index contributed by atoms with van der Waals surface area (Å²) in [4.78, 5) is 0. The molecule has 4 heteroatoms. The van der Waals surface area contributed by atoms with E-state index >= 15 is 0 Å². The van der Waals surface area contributed by atoms with Crippen molar-refractivity contribution in [3.8, 4) is 5.75 Å². The number of nitrogens with one attached hydrogen (secondary N) is 1. The molecule has 2 nitrogen and oxygen atoms in total. The van der Waals surface area contributed by atoms with Crippen molar-refractivity contribution in [3.05, 3.63) is 100 Å². The molecule has 3 rings (SSSR count). The molecule has 0 unspecified atom stereocenters. The molecule has 1 atom stereocenters. The van der Waals surface area contributed by atoms with Crippen LogP contribution in [0.2, 0.25) is 5.02 Å². The van der Waals surface area contributed by atoms with Crippen LogP contribution >= 0.6 is 11.6 Å². The van der Waals surface area contributed by atoms with E-state index in [1.165, 1.54) is 17.2 Å². The van der Waals surface area contributed by atoms with E-state index in [0.717, 1.165) is 19.4 Å². The number of aryl methyl sites for hydroxylation is 1. The van der Waals surface area contributed by atoms with Gasteiger partial charge in [-0.05, 0) is 55.2 Å². The van der Waals surface area contributed by atoms with Gasteiger partial charge in [-0.15, -0.1) is 0 Å². The SMILES string of the molecule is C[C@H](CCc1ccccc1)NCc1ccc(OCc2c(F)cccc2Cl)cc1. The van der Waals surface area contributed by atoms with Gasteiger partial charge in [0.2, 0.25) is 0 Å². The highest BCUT2D eigenvalue weighted by Gasteiger charge is 2.08. The Kier molecular flexibility index (Phi) is 7.46. The zero-order valence-electron chi connectivity index (χ0n) is 16.0. The van der Waals surface area contributed by atoms with Crippen LogP contribution in [0.15, 0.2) is 72.8 Å². The molecular weight excluding hydrogens is 373 g/mol. The summed E-state index contributed by atoms with van der Waals surface area (Å²) in [7, 11) is 0. The van der Waals surface area contributed by atoms with Crippen molar-refractivity contribution in [1.29, 1.82) is 0 Å². The van der Waals surface area contributed by atoms with Crippen molar-refractivity contribution in [2.24, 2.45) is 0 Å². The lowest BCUT2D eigenvalue weighted by Crippen LogP contribution is -2.25. The van der Waals surface area contributed by atoms with Crippen LogP contribution in [0.5, 0.6) is 5.75 Å². The average Bonchev–Trinajstić information content (AvgIpc) is 2.72. The molecule has 0 bridgehead atoms. The average molecular weight is 398 g/mol. The van der Waals surface area contributed by atoms with Gasteiger partial charge in [-0.25, -0.2) is 4.39 Å². The van der Waals surface area contributed by atoms with E-state index in [1.807, 2.05) is 30.3 Å². The molecule has 28 heavy (non-hydrogen) atoms. The second-order valence-corrected chi connectivity index (χ2v) is 7.35. The molecule has 3 aromatic carbocycles. The maximum absolute atomic E-state index is 13.8. The Bertz CT molecular complexity index is 847. The number of ether oxygens (including phenoxy) is 1. The molecule has 0 aliphatic carbocycles. The summed E-state index contributed by atoms with van der Waals surface area (Å²) in [5.41, 5.74) is 2.93. The first-order valence-corrected chi connectivity index (χ1v) is 9.91. The quantitative estimate of drug-likeness (QED) is 0.466. The normalized spacial score (nSPS) is 12.0. The molecule has 0 saturated carbocycles. The molecule has 146 valence electrons. The molecule has 0 heterocycles. The van der Waals surface area contributed by atoms with Crippen LogP contribution in [0.1, 0.15) is 30.0 Å². The Labute approximate surface area is 171 Å². The fraction of sp³-hybridized carbons (Fsp3) is 0.250. The number of hydrogen-bond donors (Lipinski definition) is 1. The van der Waals surface area contributed by atoms with Gasteiger partial charge in [0.05, 0.1) is 5.02 Å². The molecular formula is C24H25ClFNO. The first-order valence-electron chi connectivity index (χ1n) is 9.54. The summed E-state index contributed by atoms with van der Waals surface area (Å²) in [5, 5.41) is 3.93. The molecule has 1 N–H and O–H groups in total. The van der Waals surface area contributed by atoms with Gasteiger partial charge < -0.3 is 10.1 Å². The third-order valence-electron chi connectivity index (χ3n) is 4.73. The van der Waals surface area contributed by atoms with Gasteiger partial charge in [0, 0.05) is 18.2 Å². The van der Waals surface area contributed by atoms with Crippen molar-refractivity contribution in [1.82, 2.24) is 5.32 Å². The van der Waals surface area contributed by atoms with E-state index in [0.29, 0.717) is 22.4 Å². The van der Waals surface area contributed by atoms with Crippen LogP contribution in [-0.2, 0) is 19.6 Å². The first kappa shape index (κ1) is 20.4. The zero-order chi connectivity index (χ0) is 19.8. The van der Waals surface area contributed by atoms with Crippen molar-refractivity contribution >= 4 is 11.6 Å². The Balaban J connectivity index is 1.44. The monoisotopic (exact) mass is 397 g/mol. The predicted octanol–water partition coefficient (Wildman–Crippen LogP) is 6.17. The van der Waals surface area contributed by atoms with Crippen molar-refractivity contribution in [3.63, 3.8) is 0 Å². The molecule has 3 aromatic rings. The van der Waals surface area contributed by atoms with Gasteiger partial charge >= 0.3 is 0 Å². The highest BCUT2D eigenvalue weighted by Crippen LogP contribution is 2.21. The highest BCUT2D eigenvalue weighted by molar-refractivity contribution is 6.31. The smallest absolute Gasteiger partial charge is 0.131 e. The molecule has 0 radical (unpaired) electrons. The Morgan fingerprint density at radius 1 is 0.929 bits per heavy atom. The van der Waals surface area contributed by atoms with Crippen LogP contribution in [0.25, 0.3) is 0 Å². The fourth-order valence-corrected chi connectivity index (χ4v) is 3.17. The maximum atomic E-state index is 13.8. The van der Waals surface area contributed by atoms with Crippen LogP contribution in [0.3, 0.4) is 0 Å². The van der Waals surface area contributed by atoms with Crippen molar-refractivity contribution in [2.75, 3.05) is 0 Å². The zero-order valence-corrected chi connectivity index (χ0v) is 16.8. The van der Waals surface area contributed by atoms with E-state index in [9.17, 15) is 4.39 Å². The lowest BCUT2D eigenvalue weighted by atomic mass is 10.1. The lowest BCUT2D eigenvalue weighted by Gasteiger charge is -2.14. The minimum absolute atomic E-state index is 0.111. The lowest BCUT2D eigenvalue weighted by molar-refractivity contribution is 0.300. The van der Waals surface area contributed by atoms with Gasteiger partial charge in [0.15, 0.2) is 0 Å². The summed E-state index contributed by atoms with van der Waals surface area (Å²) in [6.07, 6.45) is 2.16. The summed E-state index contributed by atoms with van der Waals surface area (Å²) in [5.74, 6) is 0.345. The fourth-order valence-electron chi connectivity index (χ4n) is 2.95. The number of hydrogen-bond acceptors (Lipinski definition) is 2. The summed E-state index contributed by atoms with van der Waals surface area (Å²) < 4.78 is 19.5.